The molecule has 1 atom stereocenters. The lowest BCUT2D eigenvalue weighted by atomic mass is 10.1. The van der Waals surface area contributed by atoms with Crippen LogP contribution >= 0.6 is 0 Å². The van der Waals surface area contributed by atoms with Crippen molar-refractivity contribution in [2.75, 3.05) is 19.0 Å². The largest absolute Gasteiger partial charge is 0.497 e. The van der Waals surface area contributed by atoms with Gasteiger partial charge in [-0.2, -0.15) is 0 Å². The molecule has 0 fully saturated rings. The summed E-state index contributed by atoms with van der Waals surface area (Å²) in [6.07, 6.45) is 0. The van der Waals surface area contributed by atoms with Crippen LogP contribution in [-0.4, -0.2) is 31.4 Å². The number of rotatable bonds is 7. The van der Waals surface area contributed by atoms with Gasteiger partial charge in [-0.3, -0.25) is 14.4 Å². The Morgan fingerprint density at radius 3 is 2.23 bits per heavy atom. The van der Waals surface area contributed by atoms with Crippen molar-refractivity contribution >= 4 is 23.4 Å². The molecule has 3 N–H and O–H groups in total. The molecule has 0 aliphatic carbocycles. The number of ether oxygens (including phenoxy) is 1. The first kappa shape index (κ1) is 19.0. The van der Waals surface area contributed by atoms with Crippen LogP contribution in [0.4, 0.5) is 5.69 Å². The highest BCUT2D eigenvalue weighted by molar-refractivity contribution is 5.98. The summed E-state index contributed by atoms with van der Waals surface area (Å²) < 4.78 is 5.09. The molecule has 2 aromatic carbocycles. The smallest absolute Gasteiger partial charge is 0.251 e. The van der Waals surface area contributed by atoms with Crippen LogP contribution in [0, 0.1) is 0 Å². The Labute approximate surface area is 151 Å². The van der Waals surface area contributed by atoms with Crippen molar-refractivity contribution in [3.8, 4) is 5.75 Å². The normalized spacial score (nSPS) is 11.2. The number of methoxy groups -OCH3 is 1. The molecule has 0 radical (unpaired) electrons. The van der Waals surface area contributed by atoms with Crippen molar-refractivity contribution in [2.24, 2.45) is 0 Å². The summed E-state index contributed by atoms with van der Waals surface area (Å²) >= 11 is 0. The van der Waals surface area contributed by atoms with E-state index in [1.807, 2.05) is 6.07 Å². The van der Waals surface area contributed by atoms with Crippen LogP contribution in [-0.2, 0) is 14.4 Å². The van der Waals surface area contributed by atoms with E-state index < -0.39 is 17.9 Å². The second-order valence-corrected chi connectivity index (χ2v) is 5.54. The van der Waals surface area contributed by atoms with Crippen LogP contribution in [0.5, 0.6) is 5.75 Å². The minimum atomic E-state index is -0.889. The summed E-state index contributed by atoms with van der Waals surface area (Å²) in [6, 6.07) is 14.8. The molecular weight excluding hydrogens is 334 g/mol. The number of hydrogen-bond acceptors (Lipinski definition) is 4. The van der Waals surface area contributed by atoms with Gasteiger partial charge in [0.05, 0.1) is 13.7 Å². The molecule has 0 saturated carbocycles. The van der Waals surface area contributed by atoms with Gasteiger partial charge in [-0.15, -0.1) is 0 Å². The predicted octanol–water partition coefficient (Wildman–Crippen LogP) is 1.63. The average Bonchev–Trinajstić information content (AvgIpc) is 2.65. The van der Waals surface area contributed by atoms with Crippen LogP contribution < -0.4 is 20.7 Å². The molecule has 7 nitrogen and oxygen atoms in total. The Balaban J connectivity index is 2.12. The Morgan fingerprint density at radius 2 is 1.65 bits per heavy atom. The fourth-order valence-electron chi connectivity index (χ4n) is 2.25. The Bertz CT molecular complexity index is 760. The first-order valence-electron chi connectivity index (χ1n) is 8.03. The Kier molecular flexibility index (Phi) is 6.73. The topological polar surface area (TPSA) is 96.5 Å². The fourth-order valence-corrected chi connectivity index (χ4v) is 2.25. The summed E-state index contributed by atoms with van der Waals surface area (Å²) in [7, 11) is 1.56. The van der Waals surface area contributed by atoms with Gasteiger partial charge in [0, 0.05) is 12.6 Å². The zero-order valence-corrected chi connectivity index (χ0v) is 14.6. The molecule has 0 unspecified atom stereocenters. The number of anilines is 1. The van der Waals surface area contributed by atoms with Gasteiger partial charge >= 0.3 is 0 Å². The molecule has 0 saturated heterocycles. The molecule has 7 heteroatoms. The number of benzene rings is 2. The molecule has 0 heterocycles. The quantitative estimate of drug-likeness (QED) is 0.703. The van der Waals surface area contributed by atoms with E-state index in [1.54, 1.807) is 55.6 Å². The van der Waals surface area contributed by atoms with E-state index in [4.69, 9.17) is 4.74 Å². The van der Waals surface area contributed by atoms with E-state index in [2.05, 4.69) is 16.0 Å². The highest BCUT2D eigenvalue weighted by Crippen LogP contribution is 2.18. The molecule has 0 aromatic heterocycles. The third-order valence-electron chi connectivity index (χ3n) is 3.56. The van der Waals surface area contributed by atoms with Crippen molar-refractivity contribution in [3.05, 3.63) is 60.2 Å². The molecule has 0 aliphatic heterocycles. The summed E-state index contributed by atoms with van der Waals surface area (Å²) in [4.78, 5) is 35.7. The maximum absolute atomic E-state index is 12.7. The standard InChI is InChI=1S/C19H21N3O4/c1-13(23)20-12-17(24)22-18(14-6-4-3-5-7-14)19(25)21-15-8-10-16(26-2)11-9-15/h3-11,18H,12H2,1-2H3,(H,20,23)(H,21,25)(H,22,24)/t18-/m1/s1. The van der Waals surface area contributed by atoms with Crippen LogP contribution in [0.3, 0.4) is 0 Å². The van der Waals surface area contributed by atoms with Crippen molar-refractivity contribution in [1.29, 1.82) is 0 Å². The highest BCUT2D eigenvalue weighted by Gasteiger charge is 2.22. The maximum Gasteiger partial charge on any atom is 0.251 e. The molecule has 26 heavy (non-hydrogen) atoms. The Hall–Kier alpha value is -3.35. The van der Waals surface area contributed by atoms with E-state index in [1.165, 1.54) is 6.92 Å². The number of carbonyl (C=O) groups is 3. The number of nitrogens with one attached hydrogen (secondary N) is 3. The summed E-state index contributed by atoms with van der Waals surface area (Å²) in [6.45, 7) is 1.12. The van der Waals surface area contributed by atoms with Crippen LogP contribution in [0.2, 0.25) is 0 Å². The lowest BCUT2D eigenvalue weighted by molar-refractivity contribution is -0.127. The van der Waals surface area contributed by atoms with Gasteiger partial charge in [0.25, 0.3) is 5.91 Å². The predicted molar refractivity (Wildman–Crippen MR) is 97.6 cm³/mol. The van der Waals surface area contributed by atoms with Gasteiger partial charge in [-0.1, -0.05) is 30.3 Å². The fraction of sp³-hybridized carbons (Fsp3) is 0.211. The molecule has 2 aromatic rings. The van der Waals surface area contributed by atoms with Crippen molar-refractivity contribution in [2.45, 2.75) is 13.0 Å². The molecule has 3 amide bonds. The van der Waals surface area contributed by atoms with Crippen molar-refractivity contribution in [3.63, 3.8) is 0 Å². The van der Waals surface area contributed by atoms with Crippen LogP contribution in [0.25, 0.3) is 0 Å². The van der Waals surface area contributed by atoms with E-state index in [9.17, 15) is 14.4 Å². The Morgan fingerprint density at radius 1 is 1.00 bits per heavy atom. The maximum atomic E-state index is 12.7. The van der Waals surface area contributed by atoms with E-state index in [0.717, 1.165) is 0 Å². The minimum absolute atomic E-state index is 0.200. The third-order valence-corrected chi connectivity index (χ3v) is 3.56. The zero-order chi connectivity index (χ0) is 18.9. The number of carbonyl (C=O) groups excluding carboxylic acids is 3. The molecular formula is C19H21N3O4. The van der Waals surface area contributed by atoms with Gasteiger partial charge < -0.3 is 20.7 Å². The van der Waals surface area contributed by atoms with Gasteiger partial charge in [0.2, 0.25) is 11.8 Å². The van der Waals surface area contributed by atoms with Gasteiger partial charge in [-0.05, 0) is 29.8 Å². The molecule has 136 valence electrons. The summed E-state index contributed by atoms with van der Waals surface area (Å²) in [5.74, 6) is -0.498. The third kappa shape index (κ3) is 5.62. The number of amides is 3. The molecule has 2 rings (SSSR count). The van der Waals surface area contributed by atoms with E-state index in [0.29, 0.717) is 17.0 Å². The summed E-state index contributed by atoms with van der Waals surface area (Å²) in [5.41, 5.74) is 1.21. The molecule has 0 spiro atoms. The lowest BCUT2D eigenvalue weighted by Crippen LogP contribution is -2.42. The second kappa shape index (κ2) is 9.22. The highest BCUT2D eigenvalue weighted by atomic mass is 16.5. The van der Waals surface area contributed by atoms with Crippen LogP contribution in [0.15, 0.2) is 54.6 Å². The zero-order valence-electron chi connectivity index (χ0n) is 14.6. The van der Waals surface area contributed by atoms with Crippen LogP contribution in [0.1, 0.15) is 18.5 Å². The lowest BCUT2D eigenvalue weighted by Gasteiger charge is -2.19. The molecule has 0 aliphatic rings. The van der Waals surface area contributed by atoms with Gasteiger partial charge in [0.1, 0.15) is 11.8 Å². The average molecular weight is 355 g/mol. The SMILES string of the molecule is COc1ccc(NC(=O)[C@H](NC(=O)CNC(C)=O)c2ccccc2)cc1. The van der Waals surface area contributed by atoms with Gasteiger partial charge in [-0.25, -0.2) is 0 Å². The first-order chi connectivity index (χ1) is 12.5. The van der Waals surface area contributed by atoms with Crippen molar-refractivity contribution in [1.82, 2.24) is 10.6 Å². The number of hydrogen-bond donors (Lipinski definition) is 3. The van der Waals surface area contributed by atoms with Crippen molar-refractivity contribution < 1.29 is 19.1 Å². The summed E-state index contributed by atoms with van der Waals surface area (Å²) in [5, 5.41) is 7.81. The van der Waals surface area contributed by atoms with E-state index in [-0.39, 0.29) is 12.5 Å². The second-order valence-electron chi connectivity index (χ2n) is 5.54. The van der Waals surface area contributed by atoms with Gasteiger partial charge in [0.15, 0.2) is 0 Å². The molecule has 0 bridgehead atoms. The minimum Gasteiger partial charge on any atom is -0.497 e. The first-order valence-corrected chi connectivity index (χ1v) is 8.03. The van der Waals surface area contributed by atoms with E-state index >= 15 is 0 Å². The monoisotopic (exact) mass is 355 g/mol.